The van der Waals surface area contributed by atoms with Crippen LogP contribution in [-0.4, -0.2) is 11.9 Å². The van der Waals surface area contributed by atoms with Gasteiger partial charge in [0.2, 0.25) is 5.91 Å². The summed E-state index contributed by atoms with van der Waals surface area (Å²) in [4.78, 5) is 12.8. The number of aryl methyl sites for hydroxylation is 2. The van der Waals surface area contributed by atoms with Crippen molar-refractivity contribution in [3.05, 3.63) is 70.3 Å². The van der Waals surface area contributed by atoms with Gasteiger partial charge in [-0.2, -0.15) is 0 Å². The minimum Gasteiger partial charge on any atom is -0.348 e. The zero-order valence-corrected chi connectivity index (χ0v) is 14.1. The van der Waals surface area contributed by atoms with E-state index in [4.69, 9.17) is 0 Å². The molecular weight excluding hydrogens is 296 g/mol. The number of benzene rings is 2. The Labute approximate surface area is 143 Å². The van der Waals surface area contributed by atoms with Gasteiger partial charge in [-0.15, -0.1) is 0 Å². The molecule has 2 aromatic carbocycles. The number of amides is 1. The number of fused-ring (bicyclic) bond motifs is 2. The van der Waals surface area contributed by atoms with Gasteiger partial charge in [-0.25, -0.2) is 0 Å². The Balaban J connectivity index is 1.47. The van der Waals surface area contributed by atoms with Crippen LogP contribution in [0.1, 0.15) is 46.7 Å². The van der Waals surface area contributed by atoms with Crippen molar-refractivity contribution in [1.29, 1.82) is 0 Å². The van der Waals surface area contributed by atoms with Crippen LogP contribution in [0.3, 0.4) is 0 Å². The SMILES string of the molecule is Cc1ccc2c(c1)CN[C@H](C(=O)N[C@H]1CCCc3ccccc31)C2. The van der Waals surface area contributed by atoms with E-state index < -0.39 is 0 Å². The van der Waals surface area contributed by atoms with Crippen LogP contribution < -0.4 is 10.6 Å². The van der Waals surface area contributed by atoms with Crippen molar-refractivity contribution in [1.82, 2.24) is 10.6 Å². The molecule has 1 aliphatic heterocycles. The Hall–Kier alpha value is -2.13. The zero-order valence-electron chi connectivity index (χ0n) is 14.1. The highest BCUT2D eigenvalue weighted by molar-refractivity contribution is 5.83. The van der Waals surface area contributed by atoms with Crippen molar-refractivity contribution in [3.63, 3.8) is 0 Å². The topological polar surface area (TPSA) is 41.1 Å². The summed E-state index contributed by atoms with van der Waals surface area (Å²) in [6.07, 6.45) is 4.07. The lowest BCUT2D eigenvalue weighted by molar-refractivity contribution is -0.124. The molecule has 0 fully saturated rings. The molecule has 3 heteroatoms. The van der Waals surface area contributed by atoms with Gasteiger partial charge in [0.1, 0.15) is 0 Å². The second-order valence-electron chi connectivity index (χ2n) is 7.06. The van der Waals surface area contributed by atoms with E-state index in [0.717, 1.165) is 32.2 Å². The van der Waals surface area contributed by atoms with E-state index in [2.05, 4.69) is 60.0 Å². The maximum absolute atomic E-state index is 12.8. The van der Waals surface area contributed by atoms with E-state index in [1.807, 2.05) is 0 Å². The number of hydrogen-bond donors (Lipinski definition) is 2. The molecule has 0 spiro atoms. The molecule has 4 rings (SSSR count). The van der Waals surface area contributed by atoms with E-state index in [0.29, 0.717) is 0 Å². The number of carbonyl (C=O) groups is 1. The summed E-state index contributed by atoms with van der Waals surface area (Å²) < 4.78 is 0. The lowest BCUT2D eigenvalue weighted by Gasteiger charge is -2.30. The second kappa shape index (κ2) is 6.40. The molecule has 1 heterocycles. The van der Waals surface area contributed by atoms with Gasteiger partial charge in [-0.1, -0.05) is 48.0 Å². The molecule has 0 saturated carbocycles. The summed E-state index contributed by atoms with van der Waals surface area (Å²) in [5.74, 6) is 0.128. The molecule has 2 aromatic rings. The Morgan fingerprint density at radius 2 is 2.00 bits per heavy atom. The fraction of sp³-hybridized carbons (Fsp3) is 0.381. The van der Waals surface area contributed by atoms with Crippen LogP contribution in [0.25, 0.3) is 0 Å². The average Bonchev–Trinajstić information content (AvgIpc) is 2.61. The number of hydrogen-bond acceptors (Lipinski definition) is 2. The zero-order chi connectivity index (χ0) is 16.5. The van der Waals surface area contributed by atoms with E-state index in [1.165, 1.54) is 27.8 Å². The van der Waals surface area contributed by atoms with Crippen molar-refractivity contribution >= 4 is 5.91 Å². The molecule has 0 bridgehead atoms. The Bertz CT molecular complexity index is 768. The normalized spacial score (nSPS) is 22.4. The van der Waals surface area contributed by atoms with E-state index >= 15 is 0 Å². The van der Waals surface area contributed by atoms with Crippen molar-refractivity contribution in [3.8, 4) is 0 Å². The van der Waals surface area contributed by atoms with Crippen LogP contribution in [-0.2, 0) is 24.2 Å². The molecule has 0 aromatic heterocycles. The minimum atomic E-state index is -0.130. The van der Waals surface area contributed by atoms with Crippen molar-refractivity contribution in [2.75, 3.05) is 0 Å². The van der Waals surface area contributed by atoms with Gasteiger partial charge >= 0.3 is 0 Å². The summed E-state index contributed by atoms with van der Waals surface area (Å²) in [6, 6.07) is 15.0. The first-order chi connectivity index (χ1) is 11.7. The molecule has 0 radical (unpaired) electrons. The maximum Gasteiger partial charge on any atom is 0.237 e. The first kappa shape index (κ1) is 15.4. The molecule has 124 valence electrons. The molecule has 0 unspecified atom stereocenters. The molecule has 1 aliphatic carbocycles. The summed E-state index contributed by atoms with van der Waals surface area (Å²) >= 11 is 0. The summed E-state index contributed by atoms with van der Waals surface area (Å²) in [6.45, 7) is 2.88. The Morgan fingerprint density at radius 1 is 1.12 bits per heavy atom. The first-order valence-corrected chi connectivity index (χ1v) is 8.90. The van der Waals surface area contributed by atoms with E-state index in [1.54, 1.807) is 0 Å². The Kier molecular flexibility index (Phi) is 4.11. The summed E-state index contributed by atoms with van der Waals surface area (Å²) in [5.41, 5.74) is 6.57. The van der Waals surface area contributed by atoms with Gasteiger partial charge < -0.3 is 10.6 Å². The predicted molar refractivity (Wildman–Crippen MR) is 95.8 cm³/mol. The minimum absolute atomic E-state index is 0.128. The van der Waals surface area contributed by atoms with Gasteiger partial charge in [0.15, 0.2) is 0 Å². The van der Waals surface area contributed by atoms with E-state index in [-0.39, 0.29) is 18.0 Å². The molecule has 2 aliphatic rings. The lowest BCUT2D eigenvalue weighted by Crippen LogP contribution is -2.48. The third-order valence-electron chi connectivity index (χ3n) is 5.33. The monoisotopic (exact) mass is 320 g/mol. The fourth-order valence-corrected chi connectivity index (χ4v) is 4.01. The number of nitrogens with one attached hydrogen (secondary N) is 2. The van der Waals surface area contributed by atoms with Gasteiger partial charge in [0, 0.05) is 6.54 Å². The highest BCUT2D eigenvalue weighted by Crippen LogP contribution is 2.29. The largest absolute Gasteiger partial charge is 0.348 e. The van der Waals surface area contributed by atoms with Gasteiger partial charge in [0.05, 0.1) is 12.1 Å². The first-order valence-electron chi connectivity index (χ1n) is 8.90. The number of rotatable bonds is 2. The molecule has 2 N–H and O–H groups in total. The quantitative estimate of drug-likeness (QED) is 0.892. The fourth-order valence-electron chi connectivity index (χ4n) is 4.01. The molecule has 2 atom stereocenters. The highest BCUT2D eigenvalue weighted by atomic mass is 16.2. The predicted octanol–water partition coefficient (Wildman–Crippen LogP) is 3.20. The third kappa shape index (κ3) is 2.96. The molecule has 0 saturated heterocycles. The van der Waals surface area contributed by atoms with Crippen LogP contribution >= 0.6 is 0 Å². The number of carbonyl (C=O) groups excluding carboxylic acids is 1. The van der Waals surface area contributed by atoms with Crippen LogP contribution in [0.2, 0.25) is 0 Å². The summed E-state index contributed by atoms with van der Waals surface area (Å²) in [5, 5.41) is 6.69. The van der Waals surface area contributed by atoms with Crippen LogP contribution in [0.5, 0.6) is 0 Å². The van der Waals surface area contributed by atoms with Crippen molar-refractivity contribution in [2.24, 2.45) is 0 Å². The second-order valence-corrected chi connectivity index (χ2v) is 7.06. The smallest absolute Gasteiger partial charge is 0.237 e. The van der Waals surface area contributed by atoms with Gasteiger partial charge in [-0.05, 0) is 54.9 Å². The molecule has 24 heavy (non-hydrogen) atoms. The molecular formula is C21H24N2O. The average molecular weight is 320 g/mol. The lowest BCUT2D eigenvalue weighted by atomic mass is 9.87. The van der Waals surface area contributed by atoms with Crippen LogP contribution in [0.15, 0.2) is 42.5 Å². The van der Waals surface area contributed by atoms with Crippen LogP contribution in [0, 0.1) is 6.92 Å². The van der Waals surface area contributed by atoms with Gasteiger partial charge in [-0.3, -0.25) is 4.79 Å². The van der Waals surface area contributed by atoms with Crippen molar-refractivity contribution < 1.29 is 4.79 Å². The standard InChI is InChI=1S/C21H24N2O/c1-14-9-10-16-12-20(22-13-17(16)11-14)21(24)23-19-8-4-6-15-5-2-3-7-18(15)19/h2-3,5,7,9-11,19-20,22H,4,6,8,12-13H2,1H3,(H,23,24)/t19-,20-/m0/s1. The van der Waals surface area contributed by atoms with Crippen LogP contribution in [0.4, 0.5) is 0 Å². The highest BCUT2D eigenvalue weighted by Gasteiger charge is 2.28. The van der Waals surface area contributed by atoms with Crippen molar-refractivity contribution in [2.45, 2.75) is 51.2 Å². The molecule has 1 amide bonds. The van der Waals surface area contributed by atoms with E-state index in [9.17, 15) is 4.79 Å². The summed E-state index contributed by atoms with van der Waals surface area (Å²) in [7, 11) is 0. The van der Waals surface area contributed by atoms with Gasteiger partial charge in [0.25, 0.3) is 0 Å². The molecule has 3 nitrogen and oxygen atoms in total. The maximum atomic E-state index is 12.8. The third-order valence-corrected chi connectivity index (χ3v) is 5.33. The Morgan fingerprint density at radius 3 is 2.92 bits per heavy atom.